The smallest absolute Gasteiger partial charge is 0.105 e. The fourth-order valence-electron chi connectivity index (χ4n) is 0.285. The largest absolute Gasteiger partial charge is 0.108 e. The van der Waals surface area contributed by atoms with E-state index in [0.717, 1.165) is 12.8 Å². The molecule has 0 aliphatic carbocycles. The molecule has 0 N–H and O–H groups in total. The molecule has 0 saturated carbocycles. The lowest BCUT2D eigenvalue weighted by atomic mass is 10.3. The van der Waals surface area contributed by atoms with Crippen molar-refractivity contribution < 1.29 is 0 Å². The molecule has 0 aromatic heterocycles. The number of rotatable bonds is 3. The van der Waals surface area contributed by atoms with Gasteiger partial charge in [0, 0.05) is 5.54 Å². The maximum Gasteiger partial charge on any atom is 0.108 e. The topological polar surface area (TPSA) is 0 Å². The van der Waals surface area contributed by atoms with Crippen molar-refractivity contribution >= 4 is 34.8 Å². The number of alkyl halides is 2. The minimum Gasteiger partial charge on any atom is -0.105 e. The van der Waals surface area contributed by atoms with Gasteiger partial charge in [-0.25, -0.2) is 0 Å². The highest BCUT2D eigenvalue weighted by Gasteiger charge is 1.93. The highest BCUT2D eigenvalue weighted by Crippen LogP contribution is 2.09. The minimum absolute atomic E-state index is 0.261. The highest BCUT2D eigenvalue weighted by molar-refractivity contribution is 6.44. The average molecular weight is 173 g/mol. The molecule has 0 aliphatic rings. The Kier molecular flexibility index (Phi) is 6.18. The zero-order valence-corrected chi connectivity index (χ0v) is 6.55. The van der Waals surface area contributed by atoms with Gasteiger partial charge in [0.25, 0.3) is 0 Å². The third-order valence-corrected chi connectivity index (χ3v) is 1.26. The van der Waals surface area contributed by atoms with Crippen LogP contribution < -0.4 is 0 Å². The van der Waals surface area contributed by atoms with E-state index in [4.69, 9.17) is 34.8 Å². The molecule has 0 aromatic carbocycles. The predicted molar refractivity (Wildman–Crippen MR) is 39.7 cm³/mol. The van der Waals surface area contributed by atoms with Crippen molar-refractivity contribution in [1.29, 1.82) is 0 Å². The van der Waals surface area contributed by atoms with Crippen LogP contribution in [0.5, 0.6) is 0 Å². The predicted octanol–water partition coefficient (Wildman–Crippen LogP) is 3.32. The van der Waals surface area contributed by atoms with Gasteiger partial charge < -0.3 is 0 Å². The summed E-state index contributed by atoms with van der Waals surface area (Å²) in [6, 6.07) is 0. The van der Waals surface area contributed by atoms with Crippen molar-refractivity contribution in [3.8, 4) is 0 Å². The van der Waals surface area contributed by atoms with Crippen molar-refractivity contribution in [2.75, 3.05) is 0 Å². The first-order valence-corrected chi connectivity index (χ1v) is 3.61. The number of allylic oxidation sites excluding steroid dienone is 1. The third kappa shape index (κ3) is 6.61. The van der Waals surface area contributed by atoms with Crippen molar-refractivity contribution in [3.63, 3.8) is 0 Å². The van der Waals surface area contributed by atoms with Gasteiger partial charge in [-0.3, -0.25) is 0 Å². The number of halogens is 3. The van der Waals surface area contributed by atoms with E-state index in [9.17, 15) is 0 Å². The van der Waals surface area contributed by atoms with Gasteiger partial charge in [0.15, 0.2) is 0 Å². The van der Waals surface area contributed by atoms with Crippen LogP contribution >= 0.6 is 34.8 Å². The van der Waals surface area contributed by atoms with Crippen molar-refractivity contribution in [2.24, 2.45) is 0 Å². The molecule has 0 amide bonds. The fourth-order valence-corrected chi connectivity index (χ4v) is 0.663. The van der Waals surface area contributed by atoms with Crippen LogP contribution in [-0.4, -0.2) is 4.84 Å². The van der Waals surface area contributed by atoms with Crippen LogP contribution in [0.25, 0.3) is 0 Å². The average Bonchev–Trinajstić information content (AvgIpc) is 1.66. The standard InChI is InChI=1S/C5H7Cl3/c6-4-2-1-3-5(7)8/h2,4-5H,1,3H2/b4-2+. The number of hydrogen-bond donors (Lipinski definition) is 0. The maximum absolute atomic E-state index is 5.40. The first-order chi connectivity index (χ1) is 3.77. The van der Waals surface area contributed by atoms with E-state index in [1.54, 1.807) is 0 Å². The van der Waals surface area contributed by atoms with E-state index in [1.807, 2.05) is 6.08 Å². The molecule has 3 heteroatoms. The maximum atomic E-state index is 5.40. The normalized spacial score (nSPS) is 11.5. The molecule has 0 saturated heterocycles. The number of hydrogen-bond acceptors (Lipinski definition) is 0. The van der Waals surface area contributed by atoms with Gasteiger partial charge in [-0.2, -0.15) is 0 Å². The Morgan fingerprint density at radius 2 is 2.00 bits per heavy atom. The molecule has 0 aliphatic heterocycles. The molecule has 0 atom stereocenters. The first kappa shape index (κ1) is 8.61. The summed E-state index contributed by atoms with van der Waals surface area (Å²) in [5.41, 5.74) is 1.47. The Balaban J connectivity index is 2.93. The Hall–Kier alpha value is 0.610. The highest BCUT2D eigenvalue weighted by atomic mass is 35.5. The molecular formula is C5H7Cl3. The zero-order chi connectivity index (χ0) is 6.41. The summed E-state index contributed by atoms with van der Waals surface area (Å²) in [5, 5.41) is 0. The Morgan fingerprint density at radius 3 is 2.38 bits per heavy atom. The van der Waals surface area contributed by atoms with Gasteiger partial charge in [0.05, 0.1) is 0 Å². The second-order valence-corrected chi connectivity index (χ2v) is 2.86. The molecule has 0 rings (SSSR count). The van der Waals surface area contributed by atoms with Crippen LogP contribution in [0, 0.1) is 0 Å². The van der Waals surface area contributed by atoms with Crippen molar-refractivity contribution in [2.45, 2.75) is 17.7 Å². The summed E-state index contributed by atoms with van der Waals surface area (Å²) in [6.45, 7) is 0. The second kappa shape index (κ2) is 5.74. The van der Waals surface area contributed by atoms with Crippen LogP contribution in [0.15, 0.2) is 11.6 Å². The molecular weight excluding hydrogens is 166 g/mol. The molecule has 0 spiro atoms. The first-order valence-electron chi connectivity index (χ1n) is 2.30. The minimum atomic E-state index is -0.261. The molecule has 48 valence electrons. The van der Waals surface area contributed by atoms with Crippen LogP contribution in [0.1, 0.15) is 12.8 Å². The molecule has 0 bridgehead atoms. The Morgan fingerprint density at radius 1 is 1.38 bits per heavy atom. The van der Waals surface area contributed by atoms with E-state index in [1.165, 1.54) is 5.54 Å². The summed E-state index contributed by atoms with van der Waals surface area (Å²) < 4.78 is 0. The summed E-state index contributed by atoms with van der Waals surface area (Å²) in [4.78, 5) is -0.261. The van der Waals surface area contributed by atoms with Crippen LogP contribution in [0.3, 0.4) is 0 Å². The van der Waals surface area contributed by atoms with E-state index in [0.29, 0.717) is 0 Å². The van der Waals surface area contributed by atoms with E-state index >= 15 is 0 Å². The van der Waals surface area contributed by atoms with Crippen LogP contribution in [0.2, 0.25) is 0 Å². The zero-order valence-electron chi connectivity index (χ0n) is 4.28. The van der Waals surface area contributed by atoms with Crippen LogP contribution in [-0.2, 0) is 0 Å². The molecule has 0 fully saturated rings. The van der Waals surface area contributed by atoms with Gasteiger partial charge in [0.2, 0.25) is 0 Å². The van der Waals surface area contributed by atoms with Gasteiger partial charge in [-0.1, -0.05) is 17.7 Å². The van der Waals surface area contributed by atoms with Gasteiger partial charge >= 0.3 is 0 Å². The van der Waals surface area contributed by atoms with Gasteiger partial charge in [-0.05, 0) is 12.8 Å². The fraction of sp³-hybridized carbons (Fsp3) is 0.600. The summed E-state index contributed by atoms with van der Waals surface area (Å²) in [5.74, 6) is 0. The molecule has 8 heavy (non-hydrogen) atoms. The Bertz CT molecular complexity index is 68.1. The third-order valence-electron chi connectivity index (χ3n) is 0.641. The van der Waals surface area contributed by atoms with E-state index < -0.39 is 0 Å². The monoisotopic (exact) mass is 172 g/mol. The van der Waals surface area contributed by atoms with Crippen LogP contribution in [0.4, 0.5) is 0 Å². The van der Waals surface area contributed by atoms with Gasteiger partial charge in [0.1, 0.15) is 4.84 Å². The molecule has 0 nitrogen and oxygen atoms in total. The SMILES string of the molecule is Cl/C=C/CCC(Cl)Cl. The second-order valence-electron chi connectivity index (χ2n) is 1.33. The lowest BCUT2D eigenvalue weighted by Gasteiger charge is -1.92. The Labute approximate surface area is 64.4 Å². The quantitative estimate of drug-likeness (QED) is 0.575. The summed E-state index contributed by atoms with van der Waals surface area (Å²) in [7, 11) is 0. The van der Waals surface area contributed by atoms with Gasteiger partial charge in [-0.15, -0.1) is 23.2 Å². The van der Waals surface area contributed by atoms with E-state index in [-0.39, 0.29) is 4.84 Å². The van der Waals surface area contributed by atoms with Crippen molar-refractivity contribution in [1.82, 2.24) is 0 Å². The lowest BCUT2D eigenvalue weighted by Crippen LogP contribution is -1.82. The summed E-state index contributed by atoms with van der Waals surface area (Å²) >= 11 is 16.0. The molecule has 0 radical (unpaired) electrons. The summed E-state index contributed by atoms with van der Waals surface area (Å²) in [6.07, 6.45) is 3.44. The molecule has 0 aromatic rings. The van der Waals surface area contributed by atoms with Crippen molar-refractivity contribution in [3.05, 3.63) is 11.6 Å². The lowest BCUT2D eigenvalue weighted by molar-refractivity contribution is 0.926. The molecule has 0 heterocycles. The molecule has 0 unspecified atom stereocenters. The van der Waals surface area contributed by atoms with E-state index in [2.05, 4.69) is 0 Å².